The van der Waals surface area contributed by atoms with Crippen LogP contribution in [-0.4, -0.2) is 64.9 Å². The van der Waals surface area contributed by atoms with E-state index in [1.165, 1.54) is 10.2 Å². The highest BCUT2D eigenvalue weighted by molar-refractivity contribution is 7.89. The van der Waals surface area contributed by atoms with Crippen molar-refractivity contribution in [3.05, 3.63) is 67.1 Å². The summed E-state index contributed by atoms with van der Waals surface area (Å²) < 4.78 is 31.4. The van der Waals surface area contributed by atoms with Gasteiger partial charge in [0, 0.05) is 48.1 Å². The van der Waals surface area contributed by atoms with Crippen molar-refractivity contribution in [3.8, 4) is 11.4 Å². The van der Waals surface area contributed by atoms with Gasteiger partial charge in [-0.05, 0) is 30.3 Å². The Balaban J connectivity index is 1.48. The van der Waals surface area contributed by atoms with Gasteiger partial charge in [0.1, 0.15) is 5.82 Å². The number of morpholine rings is 1. The van der Waals surface area contributed by atoms with Crippen LogP contribution in [0.5, 0.6) is 0 Å². The Morgan fingerprint density at radius 3 is 2.39 bits per heavy atom. The largest absolute Gasteiger partial charge is 0.378 e. The van der Waals surface area contributed by atoms with E-state index in [4.69, 9.17) is 14.7 Å². The molecular weight excluding hydrogens is 478 g/mol. The van der Waals surface area contributed by atoms with E-state index in [-0.39, 0.29) is 0 Å². The summed E-state index contributed by atoms with van der Waals surface area (Å²) in [4.78, 5) is 20.8. The molecule has 11 heteroatoms. The summed E-state index contributed by atoms with van der Waals surface area (Å²) in [5, 5.41) is 4.76. The van der Waals surface area contributed by atoms with Crippen LogP contribution < -0.4 is 10.2 Å². The zero-order valence-electron chi connectivity index (χ0n) is 19.5. The van der Waals surface area contributed by atoms with Gasteiger partial charge in [0.05, 0.1) is 36.1 Å². The van der Waals surface area contributed by atoms with Gasteiger partial charge in [-0.25, -0.2) is 32.3 Å². The van der Waals surface area contributed by atoms with Crippen molar-refractivity contribution < 1.29 is 13.2 Å². The van der Waals surface area contributed by atoms with Crippen LogP contribution in [0, 0.1) is 0 Å². The molecule has 0 spiro atoms. The van der Waals surface area contributed by atoms with Gasteiger partial charge in [-0.2, -0.15) is 0 Å². The number of ether oxygens (including phenoxy) is 1. The predicted molar refractivity (Wildman–Crippen MR) is 139 cm³/mol. The lowest BCUT2D eigenvalue weighted by Crippen LogP contribution is -2.37. The Bertz CT molecular complexity index is 1660. The third kappa shape index (κ3) is 4.12. The van der Waals surface area contributed by atoms with Crippen molar-refractivity contribution in [1.29, 1.82) is 0 Å². The van der Waals surface area contributed by atoms with Gasteiger partial charge in [0.25, 0.3) is 0 Å². The molecule has 10 nitrogen and oxygen atoms in total. The van der Waals surface area contributed by atoms with E-state index in [1.807, 2.05) is 36.4 Å². The quantitative estimate of drug-likeness (QED) is 0.387. The van der Waals surface area contributed by atoms with Crippen LogP contribution >= 0.6 is 0 Å². The number of hydrogen-bond acceptors (Lipinski definition) is 9. The highest BCUT2D eigenvalue weighted by Gasteiger charge is 2.21. The number of para-hydroxylation sites is 1. The van der Waals surface area contributed by atoms with Crippen molar-refractivity contribution in [2.45, 2.75) is 0 Å². The summed E-state index contributed by atoms with van der Waals surface area (Å²) in [6.07, 6.45) is 6.11. The third-order valence-electron chi connectivity index (χ3n) is 6.09. The first-order valence-corrected chi connectivity index (χ1v) is 13.3. The number of nitrogens with zero attached hydrogens (tertiary/aromatic N) is 6. The molecule has 0 unspecified atom stereocenters. The second-order valence-corrected chi connectivity index (χ2v) is 10.4. The fourth-order valence-corrected chi connectivity index (χ4v) is 5.16. The number of nitrogens with one attached hydrogen (secondary N) is 1. The molecule has 0 atom stereocenters. The molecule has 1 aliphatic heterocycles. The van der Waals surface area contributed by atoms with E-state index in [1.54, 1.807) is 30.7 Å². The van der Waals surface area contributed by atoms with E-state index in [9.17, 15) is 8.42 Å². The van der Waals surface area contributed by atoms with Crippen molar-refractivity contribution in [1.82, 2.24) is 23.9 Å². The molecule has 2 aromatic carbocycles. The lowest BCUT2D eigenvalue weighted by Gasteiger charge is -2.29. The Hall–Kier alpha value is -4.09. The molecule has 6 rings (SSSR count). The van der Waals surface area contributed by atoms with Crippen molar-refractivity contribution in [3.63, 3.8) is 0 Å². The lowest BCUT2D eigenvalue weighted by molar-refractivity contribution is 0.122. The zero-order chi connectivity index (χ0) is 24.7. The summed E-state index contributed by atoms with van der Waals surface area (Å²) in [6.45, 7) is 2.61. The van der Waals surface area contributed by atoms with Crippen LogP contribution in [0.25, 0.3) is 33.2 Å². The monoisotopic (exact) mass is 501 g/mol. The van der Waals surface area contributed by atoms with Crippen LogP contribution in [0.15, 0.2) is 67.1 Å². The third-order valence-corrected chi connectivity index (χ3v) is 7.12. The van der Waals surface area contributed by atoms with Crippen molar-refractivity contribution >= 4 is 49.3 Å². The summed E-state index contributed by atoms with van der Waals surface area (Å²) in [6, 6.07) is 15.2. The Labute approximate surface area is 207 Å². The molecule has 1 aliphatic rings. The van der Waals surface area contributed by atoms with Crippen LogP contribution in [0.1, 0.15) is 0 Å². The maximum atomic E-state index is 12.3. The normalized spacial score (nSPS) is 14.4. The molecule has 0 bridgehead atoms. The minimum Gasteiger partial charge on any atom is -0.378 e. The predicted octanol–water partition coefficient (Wildman–Crippen LogP) is 3.43. The first-order chi connectivity index (χ1) is 17.5. The number of hydrogen-bond donors (Lipinski definition) is 1. The van der Waals surface area contributed by atoms with E-state index in [0.717, 1.165) is 22.3 Å². The molecule has 0 amide bonds. The van der Waals surface area contributed by atoms with Gasteiger partial charge >= 0.3 is 0 Å². The fourth-order valence-electron chi connectivity index (χ4n) is 4.36. The Morgan fingerprint density at radius 2 is 1.67 bits per heavy atom. The molecule has 182 valence electrons. The van der Waals surface area contributed by atoms with E-state index < -0.39 is 10.0 Å². The molecular formula is C25H23N7O3S. The average Bonchev–Trinajstić information content (AvgIpc) is 3.35. The van der Waals surface area contributed by atoms with Gasteiger partial charge in [-0.3, -0.25) is 0 Å². The molecule has 0 aliphatic carbocycles. The fraction of sp³-hybridized carbons (Fsp3) is 0.200. The zero-order valence-corrected chi connectivity index (χ0v) is 20.3. The highest BCUT2D eigenvalue weighted by Crippen LogP contribution is 2.33. The lowest BCUT2D eigenvalue weighted by atomic mass is 10.1. The Kier molecular flexibility index (Phi) is 5.50. The second-order valence-electron chi connectivity index (χ2n) is 8.53. The number of aromatic nitrogens is 5. The molecule has 36 heavy (non-hydrogen) atoms. The topological polar surface area (TPSA) is 115 Å². The molecule has 1 fully saturated rings. The summed E-state index contributed by atoms with van der Waals surface area (Å²) in [5.41, 5.74) is 2.79. The van der Waals surface area contributed by atoms with Crippen molar-refractivity contribution in [2.24, 2.45) is 0 Å². The van der Waals surface area contributed by atoms with Crippen LogP contribution in [0.3, 0.4) is 0 Å². The molecule has 0 saturated carbocycles. The van der Waals surface area contributed by atoms with Crippen molar-refractivity contribution in [2.75, 3.05) is 42.8 Å². The van der Waals surface area contributed by atoms with Crippen LogP contribution in [0.4, 0.5) is 17.5 Å². The minimum atomic E-state index is -3.46. The molecule has 4 heterocycles. The minimum absolute atomic E-state index is 0.465. The summed E-state index contributed by atoms with van der Waals surface area (Å²) in [7, 11) is -3.46. The van der Waals surface area contributed by atoms with Gasteiger partial charge in [-0.1, -0.05) is 18.2 Å². The van der Waals surface area contributed by atoms with Crippen LogP contribution in [0.2, 0.25) is 0 Å². The molecule has 0 radical (unpaired) electrons. The highest BCUT2D eigenvalue weighted by atomic mass is 32.2. The summed E-state index contributed by atoms with van der Waals surface area (Å²) >= 11 is 0. The number of benzene rings is 2. The second kappa shape index (κ2) is 8.85. The number of rotatable bonds is 5. The van der Waals surface area contributed by atoms with Gasteiger partial charge in [0.2, 0.25) is 16.0 Å². The van der Waals surface area contributed by atoms with Gasteiger partial charge < -0.3 is 15.0 Å². The first kappa shape index (κ1) is 22.4. The molecule has 1 N–H and O–H groups in total. The van der Waals surface area contributed by atoms with Gasteiger partial charge in [0.15, 0.2) is 5.82 Å². The molecule has 1 saturated heterocycles. The van der Waals surface area contributed by atoms with E-state index in [2.05, 4.69) is 20.2 Å². The molecule has 3 aromatic heterocycles. The van der Waals surface area contributed by atoms with Crippen LogP contribution in [-0.2, 0) is 14.8 Å². The maximum Gasteiger partial charge on any atom is 0.236 e. The number of fused-ring (bicyclic) bond motifs is 3. The maximum absolute atomic E-state index is 12.3. The standard InChI is InChI=1S/C25H23N7O3S/c1-36(33,34)32-10-9-19-21(32)8-7-20-22(19)29-23(30-24(20)31-11-13-35-14-12-31)17-15-26-25(27-16-17)28-18-5-3-2-4-6-18/h2-10,15-16H,11-14H2,1H3,(H,26,27,28). The Morgan fingerprint density at radius 1 is 0.917 bits per heavy atom. The smallest absolute Gasteiger partial charge is 0.236 e. The van der Waals surface area contributed by atoms with E-state index in [0.29, 0.717) is 54.7 Å². The van der Waals surface area contributed by atoms with Gasteiger partial charge in [-0.15, -0.1) is 0 Å². The summed E-state index contributed by atoms with van der Waals surface area (Å²) in [5.74, 6) is 1.71. The molecule has 5 aromatic rings. The first-order valence-electron chi connectivity index (χ1n) is 11.5. The van der Waals surface area contributed by atoms with E-state index >= 15 is 0 Å². The SMILES string of the molecule is CS(=O)(=O)n1ccc2c3nc(-c4cnc(Nc5ccccc5)nc4)nc(N4CCOCC4)c3ccc21. The average molecular weight is 502 g/mol. The number of anilines is 3.